The van der Waals surface area contributed by atoms with Gasteiger partial charge >= 0.3 is 17.9 Å². The molecule has 2 atom stereocenters. The third-order valence-corrected chi connectivity index (χ3v) is 9.60. The molecule has 0 fully saturated rings. The number of hydrogen-bond acceptors (Lipinski definition) is 7. The van der Waals surface area contributed by atoms with Crippen LogP contribution in [0.5, 0.6) is 0 Å². The van der Waals surface area contributed by atoms with Gasteiger partial charge in [0.25, 0.3) is 6.29 Å². The topological polar surface area (TPSA) is 108 Å². The molecule has 0 spiro atoms. The van der Waals surface area contributed by atoms with Gasteiger partial charge in [0.15, 0.2) is 6.10 Å². The van der Waals surface area contributed by atoms with E-state index in [1.54, 1.807) is 0 Å². The highest BCUT2D eigenvalue weighted by Crippen LogP contribution is 2.14. The molecule has 9 nitrogen and oxygen atoms in total. The normalized spacial score (nSPS) is 13.2. The molecule has 0 aromatic heterocycles. The zero-order valence-corrected chi connectivity index (χ0v) is 36.8. The molecule has 0 aliphatic rings. The van der Waals surface area contributed by atoms with Gasteiger partial charge in [-0.05, 0) is 64.2 Å². The van der Waals surface area contributed by atoms with Crippen molar-refractivity contribution in [2.45, 2.75) is 200 Å². The van der Waals surface area contributed by atoms with Crippen molar-refractivity contribution in [3.05, 3.63) is 36.5 Å². The monoisotopic (exact) mass is 793 g/mol. The first-order valence-electron chi connectivity index (χ1n) is 22.7. The zero-order chi connectivity index (χ0) is 41.4. The van der Waals surface area contributed by atoms with Crippen LogP contribution in [-0.2, 0) is 33.3 Å². The minimum Gasteiger partial charge on any atom is -0.477 e. The molecule has 0 amide bonds. The minimum absolute atomic E-state index is 0.185. The summed E-state index contributed by atoms with van der Waals surface area (Å²) in [4.78, 5) is 37.0. The fourth-order valence-electron chi connectivity index (χ4n) is 6.04. The summed E-state index contributed by atoms with van der Waals surface area (Å²) in [6.07, 6.45) is 40.7. The molecule has 0 aromatic rings. The summed E-state index contributed by atoms with van der Waals surface area (Å²) in [5.74, 6) is -2.03. The second-order valence-electron chi connectivity index (χ2n) is 16.4. The molecule has 0 saturated heterocycles. The van der Waals surface area contributed by atoms with Crippen molar-refractivity contribution in [3.63, 3.8) is 0 Å². The third kappa shape index (κ3) is 39.7. The Morgan fingerprint density at radius 3 is 1.50 bits per heavy atom. The maximum absolute atomic E-state index is 12.8. The van der Waals surface area contributed by atoms with Crippen molar-refractivity contribution >= 4 is 17.9 Å². The molecule has 56 heavy (non-hydrogen) atoms. The van der Waals surface area contributed by atoms with E-state index >= 15 is 0 Å². The first-order valence-corrected chi connectivity index (χ1v) is 22.7. The van der Waals surface area contributed by atoms with Crippen LogP contribution in [-0.4, -0.2) is 87.4 Å². The Balaban J connectivity index is 4.36. The highest BCUT2D eigenvalue weighted by molar-refractivity contribution is 5.71. The number of quaternary nitrogens is 1. The Morgan fingerprint density at radius 1 is 0.536 bits per heavy atom. The number of carboxylic acid groups (broad SMARTS) is 1. The molecule has 0 bridgehead atoms. The standard InChI is InChI=1S/C47H85NO8/c1-6-8-10-12-14-16-18-19-20-21-22-23-24-25-26-27-28-30-32-34-36-38-45(50)56-43(42-55-47(46(51)52)53-40-39-48(3,4)5)41-54-44(49)37-35-33-31-29-17-15-13-11-9-7-2/h11,13,18-19,21-22,43,47H,6-10,12,14-17,20,23-42H2,1-5H3/p+1/b13-11-,19-18-,22-21-. The number of hydrogen-bond donors (Lipinski definition) is 1. The number of rotatable bonds is 41. The fourth-order valence-corrected chi connectivity index (χ4v) is 6.04. The first kappa shape index (κ1) is 53.5. The van der Waals surface area contributed by atoms with E-state index in [-0.39, 0.29) is 32.2 Å². The number of esters is 2. The van der Waals surface area contributed by atoms with E-state index in [1.807, 2.05) is 21.1 Å². The van der Waals surface area contributed by atoms with Gasteiger partial charge in [-0.25, -0.2) is 4.79 Å². The maximum atomic E-state index is 12.8. The number of nitrogens with zero attached hydrogens (tertiary/aromatic N) is 1. The quantitative estimate of drug-likeness (QED) is 0.0214. The average Bonchev–Trinajstić information content (AvgIpc) is 3.15. The molecule has 0 aliphatic heterocycles. The van der Waals surface area contributed by atoms with E-state index in [0.29, 0.717) is 23.9 Å². The largest absolute Gasteiger partial charge is 0.477 e. The van der Waals surface area contributed by atoms with Crippen molar-refractivity contribution < 1.29 is 42.9 Å². The molecule has 0 aliphatic carbocycles. The minimum atomic E-state index is -1.51. The summed E-state index contributed by atoms with van der Waals surface area (Å²) in [5.41, 5.74) is 0. The predicted molar refractivity (Wildman–Crippen MR) is 230 cm³/mol. The Morgan fingerprint density at radius 2 is 1.00 bits per heavy atom. The van der Waals surface area contributed by atoms with Crippen LogP contribution in [0.25, 0.3) is 0 Å². The van der Waals surface area contributed by atoms with Gasteiger partial charge in [-0.3, -0.25) is 9.59 Å². The molecule has 0 saturated carbocycles. The molecule has 0 heterocycles. The van der Waals surface area contributed by atoms with Crippen molar-refractivity contribution in [2.75, 3.05) is 47.5 Å². The lowest BCUT2D eigenvalue weighted by Gasteiger charge is -2.25. The van der Waals surface area contributed by atoms with Crippen LogP contribution in [0.1, 0.15) is 187 Å². The van der Waals surface area contributed by atoms with Crippen LogP contribution in [0.3, 0.4) is 0 Å². The summed E-state index contributed by atoms with van der Waals surface area (Å²) in [6, 6.07) is 0. The van der Waals surface area contributed by atoms with Gasteiger partial charge in [-0.15, -0.1) is 0 Å². The second kappa shape index (κ2) is 39.3. The van der Waals surface area contributed by atoms with Crippen molar-refractivity contribution in [2.24, 2.45) is 0 Å². The number of allylic oxidation sites excluding steroid dienone is 6. The number of carbonyl (C=O) groups is 3. The van der Waals surface area contributed by atoms with E-state index in [1.165, 1.54) is 83.5 Å². The van der Waals surface area contributed by atoms with Crippen molar-refractivity contribution in [1.29, 1.82) is 0 Å². The number of ether oxygens (including phenoxy) is 4. The highest BCUT2D eigenvalue weighted by Gasteiger charge is 2.25. The van der Waals surface area contributed by atoms with Crippen molar-refractivity contribution in [1.82, 2.24) is 0 Å². The lowest BCUT2D eigenvalue weighted by Crippen LogP contribution is -2.40. The van der Waals surface area contributed by atoms with E-state index in [4.69, 9.17) is 18.9 Å². The number of likely N-dealkylation sites (N-methyl/N-ethyl adjacent to an activating group) is 1. The average molecular weight is 793 g/mol. The molecule has 326 valence electrons. The van der Waals surface area contributed by atoms with Gasteiger partial charge in [0.05, 0.1) is 34.4 Å². The Bertz CT molecular complexity index is 1020. The fraction of sp³-hybridized carbons (Fsp3) is 0.809. The van der Waals surface area contributed by atoms with Crippen LogP contribution >= 0.6 is 0 Å². The van der Waals surface area contributed by atoms with Crippen LogP contribution in [0, 0.1) is 0 Å². The number of carboxylic acids is 1. The number of carbonyl (C=O) groups excluding carboxylic acids is 2. The number of aliphatic carboxylic acids is 1. The van der Waals surface area contributed by atoms with Gasteiger partial charge in [0.1, 0.15) is 13.2 Å². The van der Waals surface area contributed by atoms with Crippen LogP contribution in [0.15, 0.2) is 36.5 Å². The van der Waals surface area contributed by atoms with Gasteiger partial charge in [0, 0.05) is 12.8 Å². The van der Waals surface area contributed by atoms with Gasteiger partial charge < -0.3 is 28.5 Å². The maximum Gasteiger partial charge on any atom is 0.361 e. The predicted octanol–water partition coefficient (Wildman–Crippen LogP) is 11.8. The summed E-state index contributed by atoms with van der Waals surface area (Å²) < 4.78 is 22.7. The lowest BCUT2D eigenvalue weighted by atomic mass is 10.1. The van der Waals surface area contributed by atoms with Crippen LogP contribution in [0.4, 0.5) is 0 Å². The van der Waals surface area contributed by atoms with Crippen LogP contribution < -0.4 is 0 Å². The van der Waals surface area contributed by atoms with E-state index in [9.17, 15) is 19.5 Å². The Hall–Kier alpha value is -2.49. The summed E-state index contributed by atoms with van der Waals surface area (Å²) in [6.45, 7) is 4.78. The molecule has 0 aromatic carbocycles. The molecular weight excluding hydrogens is 707 g/mol. The molecule has 9 heteroatoms. The van der Waals surface area contributed by atoms with Gasteiger partial charge in [0.2, 0.25) is 0 Å². The molecule has 1 N–H and O–H groups in total. The summed E-state index contributed by atoms with van der Waals surface area (Å²) in [7, 11) is 5.95. The van der Waals surface area contributed by atoms with Gasteiger partial charge in [-0.1, -0.05) is 147 Å². The molecular formula is C47H86NO8+. The SMILES string of the molecule is CCC/C=C\CCCCCCCC(=O)OCC(COC(OCC[N+](C)(C)C)C(=O)O)OC(=O)CCCCCCCCCCC/C=C\C/C=C\CCCCCCC. The van der Waals surface area contributed by atoms with Crippen LogP contribution in [0.2, 0.25) is 0 Å². The Kier molecular flexibility index (Phi) is 37.6. The van der Waals surface area contributed by atoms with E-state index in [2.05, 4.69) is 50.3 Å². The van der Waals surface area contributed by atoms with E-state index in [0.717, 1.165) is 70.6 Å². The first-order chi connectivity index (χ1) is 27.1. The lowest BCUT2D eigenvalue weighted by molar-refractivity contribution is -0.870. The molecule has 2 unspecified atom stereocenters. The highest BCUT2D eigenvalue weighted by atomic mass is 16.7. The van der Waals surface area contributed by atoms with Gasteiger partial charge in [-0.2, -0.15) is 0 Å². The number of unbranched alkanes of at least 4 members (excludes halogenated alkanes) is 20. The zero-order valence-electron chi connectivity index (χ0n) is 36.8. The molecule has 0 radical (unpaired) electrons. The smallest absolute Gasteiger partial charge is 0.361 e. The van der Waals surface area contributed by atoms with E-state index < -0.39 is 24.3 Å². The summed E-state index contributed by atoms with van der Waals surface area (Å²) in [5, 5.41) is 9.62. The van der Waals surface area contributed by atoms with Crippen molar-refractivity contribution in [3.8, 4) is 0 Å². The Labute approximate surface area is 343 Å². The summed E-state index contributed by atoms with van der Waals surface area (Å²) >= 11 is 0. The third-order valence-electron chi connectivity index (χ3n) is 9.60. The second-order valence-corrected chi connectivity index (χ2v) is 16.4. The molecule has 0 rings (SSSR count).